The van der Waals surface area contributed by atoms with Gasteiger partial charge in [0.2, 0.25) is 0 Å². The van der Waals surface area contributed by atoms with Crippen molar-refractivity contribution in [1.29, 1.82) is 0 Å². The molecule has 4 atom stereocenters. The fourth-order valence-corrected chi connectivity index (χ4v) is 11.8. The number of nitrogens with zero attached hydrogens (tertiary/aromatic N) is 7. The maximum Gasteiger partial charge on any atom is 0.321 e. The summed E-state index contributed by atoms with van der Waals surface area (Å²) in [4.78, 5) is 76.3. The largest absolute Gasteiger partial charge is 0.457 e. The summed E-state index contributed by atoms with van der Waals surface area (Å²) in [6, 6.07) is 34.7. The average Bonchev–Trinajstić information content (AvgIpc) is 4.35. The van der Waals surface area contributed by atoms with E-state index in [1.807, 2.05) is 150 Å². The summed E-state index contributed by atoms with van der Waals surface area (Å²) in [5.74, 6) is 3.39. The number of ether oxygens (including phenoxy) is 2. The summed E-state index contributed by atoms with van der Waals surface area (Å²) in [5.41, 5.74) is 2.31. The number of carbonyl (C=O) groups is 5. The lowest BCUT2D eigenvalue weighted by Crippen LogP contribution is -2.48. The van der Waals surface area contributed by atoms with Crippen molar-refractivity contribution in [1.82, 2.24) is 39.6 Å². The van der Waals surface area contributed by atoms with Crippen LogP contribution in [-0.4, -0.2) is 175 Å². The van der Waals surface area contributed by atoms with Crippen molar-refractivity contribution in [2.24, 2.45) is 10.8 Å². The Morgan fingerprint density at radius 3 is 1.33 bits per heavy atom. The number of hydrogen-bond donors (Lipinski definition) is 3. The molecule has 81 heavy (non-hydrogen) atoms. The summed E-state index contributed by atoms with van der Waals surface area (Å²) in [5, 5.41) is 9.20. The van der Waals surface area contributed by atoms with Gasteiger partial charge in [-0.1, -0.05) is 64.1 Å². The van der Waals surface area contributed by atoms with Crippen molar-refractivity contribution in [2.75, 3.05) is 91.2 Å². The van der Waals surface area contributed by atoms with Crippen molar-refractivity contribution >= 4 is 41.3 Å². The second kappa shape index (κ2) is 27.7. The third kappa shape index (κ3) is 17.1. The fourth-order valence-electron chi connectivity index (χ4n) is 11.8. The minimum Gasteiger partial charge on any atom is -0.457 e. The van der Waals surface area contributed by atoms with E-state index >= 15 is 0 Å². The molecule has 2 aliphatic carbocycles. The lowest BCUT2D eigenvalue weighted by Gasteiger charge is -2.39. The molecule has 17 heteroatoms. The van der Waals surface area contributed by atoms with Crippen molar-refractivity contribution in [3.05, 3.63) is 109 Å². The van der Waals surface area contributed by atoms with Crippen LogP contribution in [0.2, 0.25) is 0 Å². The number of likely N-dealkylation sites (tertiary alicyclic amines) is 3. The summed E-state index contributed by atoms with van der Waals surface area (Å²) in [6.45, 7) is 15.5. The van der Waals surface area contributed by atoms with Gasteiger partial charge in [-0.15, -0.1) is 0 Å². The van der Waals surface area contributed by atoms with Crippen LogP contribution in [0.1, 0.15) is 105 Å². The van der Waals surface area contributed by atoms with E-state index in [1.54, 1.807) is 16.8 Å². The molecule has 0 spiro atoms. The van der Waals surface area contributed by atoms with Crippen LogP contribution < -0.4 is 25.4 Å². The van der Waals surface area contributed by atoms with E-state index in [2.05, 4.69) is 48.5 Å². The van der Waals surface area contributed by atoms with E-state index in [9.17, 15) is 24.0 Å². The zero-order chi connectivity index (χ0) is 57.7. The molecular weight excluding hydrogens is 1020 g/mol. The highest BCUT2D eigenvalue weighted by molar-refractivity contribution is 5.90. The first-order valence-corrected chi connectivity index (χ1v) is 29.5. The number of hydrogen-bond acceptors (Lipinski definition) is 9. The zero-order valence-electron chi connectivity index (χ0n) is 49.4. The number of benzene rings is 4. The van der Waals surface area contributed by atoms with Crippen LogP contribution in [0.25, 0.3) is 0 Å². The van der Waals surface area contributed by atoms with Crippen LogP contribution in [0.4, 0.5) is 30.6 Å². The SMILES string of the molecule is CC1(C)CCC(=O)CC1.CN(C(=O)Nc1ccc(Oc2ccccc2)cc1)[C@H]1CCN(C(=O)N(C)[C@@H]2CCN(C3CCC(C)(C)CC3)C2)C1.CN(C(=O)Nc1ccc(Oc2ccccc2)cc1)[C@H]1CCN(C(=O)N(C)[C@@H]2CCNC2)C1. The number of carbonyl (C=O) groups excluding carboxylic acids is 5. The highest BCUT2D eigenvalue weighted by atomic mass is 16.5. The molecule has 6 aliphatic rings. The number of likely N-dealkylation sites (N-methyl/N-ethyl adjacent to an activating group) is 4. The fraction of sp³-hybridized carbons (Fsp3) is 0.547. The minimum atomic E-state index is -0.186. The van der Waals surface area contributed by atoms with Crippen LogP contribution in [0, 0.1) is 10.8 Å². The molecule has 0 unspecified atom stereocenters. The third-order valence-corrected chi connectivity index (χ3v) is 17.7. The maximum absolute atomic E-state index is 13.4. The van der Waals surface area contributed by atoms with Crippen LogP contribution in [0.15, 0.2) is 109 Å². The number of Topliss-reactive ketones (excluding diaryl/α,β-unsaturated/α-hetero) is 1. The van der Waals surface area contributed by atoms with Crippen molar-refractivity contribution in [3.8, 4) is 23.0 Å². The Hall–Kier alpha value is -6.85. The summed E-state index contributed by atoms with van der Waals surface area (Å²) < 4.78 is 11.6. The Bertz CT molecular complexity index is 2670. The topological polar surface area (TPSA) is 163 Å². The Balaban J connectivity index is 0.000000187. The zero-order valence-corrected chi connectivity index (χ0v) is 49.4. The molecule has 438 valence electrons. The van der Waals surface area contributed by atoms with Crippen molar-refractivity contribution in [3.63, 3.8) is 0 Å². The van der Waals surface area contributed by atoms with Gasteiger partial charge in [-0.2, -0.15) is 0 Å². The molecule has 0 aromatic heterocycles. The predicted octanol–water partition coefficient (Wildman–Crippen LogP) is 11.7. The molecule has 4 saturated heterocycles. The van der Waals surface area contributed by atoms with E-state index in [1.165, 1.54) is 25.7 Å². The summed E-state index contributed by atoms with van der Waals surface area (Å²) in [7, 11) is 7.42. The van der Waals surface area contributed by atoms with Crippen molar-refractivity contribution < 1.29 is 33.4 Å². The van der Waals surface area contributed by atoms with E-state index in [0.717, 1.165) is 89.0 Å². The lowest BCUT2D eigenvalue weighted by molar-refractivity contribution is -0.122. The smallest absolute Gasteiger partial charge is 0.321 e. The first-order chi connectivity index (χ1) is 38.8. The van der Waals surface area contributed by atoms with Gasteiger partial charge < -0.3 is 54.8 Å². The molecule has 2 saturated carbocycles. The molecular formula is C64H90N10O7. The molecule has 8 amide bonds. The maximum atomic E-state index is 13.4. The number of urea groups is 4. The minimum absolute atomic E-state index is 0.00487. The van der Waals surface area contributed by atoms with E-state index in [4.69, 9.17) is 9.47 Å². The molecule has 17 nitrogen and oxygen atoms in total. The number of amides is 8. The highest BCUT2D eigenvalue weighted by Crippen LogP contribution is 2.38. The number of anilines is 2. The molecule has 4 aliphatic heterocycles. The van der Waals surface area contributed by atoms with Gasteiger partial charge in [-0.25, -0.2) is 19.2 Å². The van der Waals surface area contributed by atoms with Crippen molar-refractivity contribution in [2.45, 2.75) is 135 Å². The number of nitrogens with one attached hydrogen (secondary N) is 3. The quantitative estimate of drug-likeness (QED) is 0.133. The van der Waals surface area contributed by atoms with Gasteiger partial charge >= 0.3 is 24.1 Å². The first-order valence-electron chi connectivity index (χ1n) is 29.5. The first kappa shape index (κ1) is 60.3. The van der Waals surface area contributed by atoms with E-state index in [0.29, 0.717) is 71.7 Å². The number of rotatable bonds is 11. The normalized spacial score (nSPS) is 22.3. The summed E-state index contributed by atoms with van der Waals surface area (Å²) in [6.07, 6.45) is 12.5. The van der Waals surface area contributed by atoms with Gasteiger partial charge in [0, 0.05) is 116 Å². The van der Waals surface area contributed by atoms with E-state index < -0.39 is 0 Å². The Kier molecular flexibility index (Phi) is 20.6. The molecule has 4 aromatic carbocycles. The monoisotopic (exact) mass is 1110 g/mol. The summed E-state index contributed by atoms with van der Waals surface area (Å²) >= 11 is 0. The predicted molar refractivity (Wildman–Crippen MR) is 320 cm³/mol. The molecule has 10 rings (SSSR count). The highest BCUT2D eigenvalue weighted by Gasteiger charge is 2.39. The molecule has 4 aromatic rings. The molecule has 4 heterocycles. The Labute approximate surface area is 481 Å². The van der Waals surface area contributed by atoms with Crippen LogP contribution in [-0.2, 0) is 4.79 Å². The second-order valence-electron chi connectivity index (χ2n) is 24.7. The van der Waals surface area contributed by atoms with Gasteiger partial charge in [-0.3, -0.25) is 9.69 Å². The van der Waals surface area contributed by atoms with Gasteiger partial charge in [-0.05, 0) is 154 Å². The van der Waals surface area contributed by atoms with E-state index in [-0.39, 0.29) is 48.3 Å². The van der Waals surface area contributed by atoms with Gasteiger partial charge in [0.15, 0.2) is 0 Å². The molecule has 6 fully saturated rings. The molecule has 3 N–H and O–H groups in total. The standard InChI is InChI=1S/C32H45N5O3.C24H31N5O3.C8H14O/c1-32(2)18-14-25(15-19-32)36-20-16-27(22-36)35(4)31(39)37-21-17-26(23-37)34(3)30(38)33-24-10-12-29(13-11-24)40-28-8-6-5-7-9-28;1-27(20-13-15-29(17-20)24(31)28(2)19-12-14-25-16-19)23(30)26-18-8-10-22(11-9-18)32-21-6-4-3-5-7-21;1-8(2)5-3-7(9)4-6-8/h5-13,25-27H,14-23H2,1-4H3,(H,33,38);3-11,19-20,25H,12-17H2,1-2H3,(H,26,30);3-6H2,1-2H3/t26-,27+;19-,20+;/m01./s1. The number of ketones is 1. The average molecular weight is 1110 g/mol. The molecule has 0 bridgehead atoms. The Morgan fingerprint density at radius 1 is 0.494 bits per heavy atom. The number of para-hydroxylation sites is 2. The lowest BCUT2D eigenvalue weighted by atomic mass is 9.75. The third-order valence-electron chi connectivity index (χ3n) is 17.7. The Morgan fingerprint density at radius 2 is 0.901 bits per heavy atom. The van der Waals surface area contributed by atoms with Crippen LogP contribution >= 0.6 is 0 Å². The molecule has 0 radical (unpaired) electrons. The van der Waals surface area contributed by atoms with Gasteiger partial charge in [0.05, 0.1) is 12.1 Å². The second-order valence-corrected chi connectivity index (χ2v) is 24.7. The van der Waals surface area contributed by atoms with Gasteiger partial charge in [0.25, 0.3) is 0 Å². The van der Waals surface area contributed by atoms with Gasteiger partial charge in [0.1, 0.15) is 28.8 Å². The van der Waals surface area contributed by atoms with Crippen LogP contribution in [0.3, 0.4) is 0 Å². The van der Waals surface area contributed by atoms with Crippen LogP contribution in [0.5, 0.6) is 23.0 Å².